The molecule has 1 aliphatic heterocycles. The number of sulfonamides is 1. The smallest absolute Gasteiger partial charge is 0.261 e. The van der Waals surface area contributed by atoms with E-state index in [1.165, 1.54) is 25.7 Å². The summed E-state index contributed by atoms with van der Waals surface area (Å²) >= 11 is 0. The van der Waals surface area contributed by atoms with E-state index in [9.17, 15) is 13.2 Å². The number of amides is 1. The van der Waals surface area contributed by atoms with Gasteiger partial charge in [0.15, 0.2) is 0 Å². The van der Waals surface area contributed by atoms with Crippen molar-refractivity contribution in [2.45, 2.75) is 63.3 Å². The zero-order chi connectivity index (χ0) is 21.3. The number of hydrogen-bond acceptors (Lipinski definition) is 3. The van der Waals surface area contributed by atoms with E-state index >= 15 is 0 Å². The van der Waals surface area contributed by atoms with Gasteiger partial charge in [0.1, 0.15) is 0 Å². The van der Waals surface area contributed by atoms with Gasteiger partial charge in [-0.2, -0.15) is 0 Å². The first kappa shape index (κ1) is 20.9. The minimum atomic E-state index is -3.67. The number of anilines is 1. The topological polar surface area (TPSA) is 66.5 Å². The molecule has 6 heteroatoms. The Labute approximate surface area is 179 Å². The highest BCUT2D eigenvalue weighted by Crippen LogP contribution is 2.36. The summed E-state index contributed by atoms with van der Waals surface area (Å²) in [6.07, 6.45) is 7.11. The van der Waals surface area contributed by atoms with Gasteiger partial charge >= 0.3 is 0 Å². The summed E-state index contributed by atoms with van der Waals surface area (Å²) in [4.78, 5) is 15.4. The zero-order valence-corrected chi connectivity index (χ0v) is 18.5. The molecular weight excluding hydrogens is 396 g/mol. The van der Waals surface area contributed by atoms with Gasteiger partial charge in [-0.15, -0.1) is 0 Å². The van der Waals surface area contributed by atoms with Crippen molar-refractivity contribution in [3.8, 4) is 0 Å². The van der Waals surface area contributed by atoms with Crippen LogP contribution in [0.4, 0.5) is 5.69 Å². The Morgan fingerprint density at radius 1 is 0.933 bits per heavy atom. The Hall–Kier alpha value is -2.34. The Morgan fingerprint density at radius 3 is 2.37 bits per heavy atom. The van der Waals surface area contributed by atoms with E-state index in [2.05, 4.69) is 9.62 Å². The number of aryl methyl sites for hydroxylation is 2. The number of rotatable bonds is 4. The minimum absolute atomic E-state index is 0.0650. The third kappa shape index (κ3) is 4.24. The largest absolute Gasteiger partial charge is 0.335 e. The van der Waals surface area contributed by atoms with Crippen molar-refractivity contribution < 1.29 is 13.2 Å². The number of hydrogen-bond donors (Lipinski definition) is 1. The molecule has 30 heavy (non-hydrogen) atoms. The summed E-state index contributed by atoms with van der Waals surface area (Å²) in [7, 11) is -3.67. The highest BCUT2D eigenvalue weighted by Gasteiger charge is 2.35. The van der Waals surface area contributed by atoms with Crippen molar-refractivity contribution in [1.82, 2.24) is 4.90 Å². The lowest BCUT2D eigenvalue weighted by atomic mass is 9.78. The number of likely N-dealkylation sites (tertiary alicyclic amines) is 1. The van der Waals surface area contributed by atoms with Gasteiger partial charge in [-0.25, -0.2) is 8.42 Å². The summed E-state index contributed by atoms with van der Waals surface area (Å²) in [5.41, 5.74) is 3.06. The van der Waals surface area contributed by atoms with E-state index in [1.807, 2.05) is 19.9 Å². The quantitative estimate of drug-likeness (QED) is 0.756. The number of fused-ring (bicyclic) bond motifs is 1. The molecule has 160 valence electrons. The average Bonchev–Trinajstić information content (AvgIpc) is 2.75. The number of benzene rings is 2. The van der Waals surface area contributed by atoms with Crippen LogP contribution in [0.3, 0.4) is 0 Å². The fraction of sp³-hybridized carbons (Fsp3) is 0.458. The van der Waals surface area contributed by atoms with Crippen LogP contribution in [-0.4, -0.2) is 31.8 Å². The number of carbonyl (C=O) groups excluding carboxylic acids is 1. The number of nitrogens with one attached hydrogen (secondary N) is 1. The Bertz CT molecular complexity index is 1030. The third-order valence-corrected chi connectivity index (χ3v) is 8.06. The van der Waals surface area contributed by atoms with Gasteiger partial charge in [-0.1, -0.05) is 18.9 Å². The SMILES string of the molecule is Cc1ccc(S(=O)(=O)Nc2ccc(C(=O)N3CCCC4CCCCC43)cc2)cc1C. The van der Waals surface area contributed by atoms with Crippen molar-refractivity contribution >= 4 is 21.6 Å². The molecule has 0 radical (unpaired) electrons. The molecule has 4 rings (SSSR count). The van der Waals surface area contributed by atoms with Crippen molar-refractivity contribution in [2.75, 3.05) is 11.3 Å². The molecule has 0 spiro atoms. The highest BCUT2D eigenvalue weighted by atomic mass is 32.2. The summed E-state index contributed by atoms with van der Waals surface area (Å²) in [5.74, 6) is 0.704. The van der Waals surface area contributed by atoms with Crippen LogP contribution >= 0.6 is 0 Å². The molecule has 2 fully saturated rings. The molecule has 1 saturated carbocycles. The fourth-order valence-corrected chi connectivity index (χ4v) is 5.96. The summed E-state index contributed by atoms with van der Waals surface area (Å²) in [5, 5.41) is 0. The average molecular weight is 427 g/mol. The molecule has 2 atom stereocenters. The van der Waals surface area contributed by atoms with Crippen molar-refractivity contribution in [3.05, 3.63) is 59.2 Å². The Kier molecular flexibility index (Phi) is 5.87. The van der Waals surface area contributed by atoms with Gasteiger partial charge < -0.3 is 4.90 Å². The monoisotopic (exact) mass is 426 g/mol. The van der Waals surface area contributed by atoms with E-state index in [4.69, 9.17) is 0 Å². The lowest BCUT2D eigenvalue weighted by molar-refractivity contribution is 0.0390. The van der Waals surface area contributed by atoms with Gasteiger partial charge in [0.05, 0.1) is 4.90 Å². The summed E-state index contributed by atoms with van der Waals surface area (Å²) in [6, 6.07) is 12.3. The number of nitrogens with zero attached hydrogens (tertiary/aromatic N) is 1. The summed E-state index contributed by atoms with van der Waals surface area (Å²) in [6.45, 7) is 4.67. The fourth-order valence-electron chi connectivity index (χ4n) is 4.82. The van der Waals surface area contributed by atoms with Crippen LogP contribution in [0.15, 0.2) is 47.4 Å². The molecule has 1 aliphatic carbocycles. The molecule has 1 amide bonds. The van der Waals surface area contributed by atoms with E-state index in [0.717, 1.165) is 30.5 Å². The maximum atomic E-state index is 13.1. The van der Waals surface area contributed by atoms with Crippen LogP contribution in [0.5, 0.6) is 0 Å². The lowest BCUT2D eigenvalue weighted by Crippen LogP contribution is -2.49. The highest BCUT2D eigenvalue weighted by molar-refractivity contribution is 7.92. The molecule has 5 nitrogen and oxygen atoms in total. The maximum absolute atomic E-state index is 13.1. The third-order valence-electron chi connectivity index (χ3n) is 6.68. The molecule has 1 N–H and O–H groups in total. The maximum Gasteiger partial charge on any atom is 0.261 e. The van der Waals surface area contributed by atoms with Gasteiger partial charge in [0, 0.05) is 23.8 Å². The first-order chi connectivity index (χ1) is 14.3. The first-order valence-electron chi connectivity index (χ1n) is 10.9. The van der Waals surface area contributed by atoms with Crippen molar-refractivity contribution in [3.63, 3.8) is 0 Å². The van der Waals surface area contributed by atoms with Crippen LogP contribution in [0.1, 0.15) is 60.0 Å². The van der Waals surface area contributed by atoms with Crippen LogP contribution in [0.25, 0.3) is 0 Å². The molecule has 1 saturated heterocycles. The van der Waals surface area contributed by atoms with E-state index in [1.54, 1.807) is 36.4 Å². The molecule has 2 aromatic rings. The normalized spacial score (nSPS) is 21.7. The lowest BCUT2D eigenvalue weighted by Gasteiger charge is -2.44. The van der Waals surface area contributed by atoms with E-state index in [-0.39, 0.29) is 10.8 Å². The first-order valence-corrected chi connectivity index (χ1v) is 12.3. The second kappa shape index (κ2) is 8.42. The Balaban J connectivity index is 1.48. The minimum Gasteiger partial charge on any atom is -0.335 e. The Morgan fingerprint density at radius 2 is 1.63 bits per heavy atom. The summed E-state index contributed by atoms with van der Waals surface area (Å²) < 4.78 is 28.0. The molecular formula is C24H30N2O3S. The van der Waals surface area contributed by atoms with Gasteiger partial charge in [-0.05, 0) is 93.0 Å². The predicted molar refractivity (Wildman–Crippen MR) is 119 cm³/mol. The van der Waals surface area contributed by atoms with Gasteiger partial charge in [0.25, 0.3) is 15.9 Å². The molecule has 0 aromatic heterocycles. The van der Waals surface area contributed by atoms with E-state index in [0.29, 0.717) is 23.2 Å². The van der Waals surface area contributed by atoms with E-state index < -0.39 is 10.0 Å². The van der Waals surface area contributed by atoms with Crippen LogP contribution in [0.2, 0.25) is 0 Å². The second-order valence-electron chi connectivity index (χ2n) is 8.68. The second-order valence-corrected chi connectivity index (χ2v) is 10.4. The molecule has 0 bridgehead atoms. The molecule has 2 aromatic carbocycles. The van der Waals surface area contributed by atoms with Crippen molar-refractivity contribution in [1.29, 1.82) is 0 Å². The van der Waals surface area contributed by atoms with Crippen LogP contribution < -0.4 is 4.72 Å². The van der Waals surface area contributed by atoms with Crippen LogP contribution in [-0.2, 0) is 10.0 Å². The number of carbonyl (C=O) groups is 1. The zero-order valence-electron chi connectivity index (χ0n) is 17.7. The van der Waals surface area contributed by atoms with Gasteiger partial charge in [-0.3, -0.25) is 9.52 Å². The van der Waals surface area contributed by atoms with Crippen molar-refractivity contribution in [2.24, 2.45) is 5.92 Å². The molecule has 2 aliphatic rings. The standard InChI is InChI=1S/C24H30N2O3S/c1-17-9-14-22(16-18(17)2)30(28,29)25-21-12-10-20(11-13-21)24(27)26-15-5-7-19-6-3-4-8-23(19)26/h9-14,16,19,23,25H,3-8,15H2,1-2H3. The van der Waals surface area contributed by atoms with Crippen LogP contribution in [0, 0.1) is 19.8 Å². The molecule has 2 unspecified atom stereocenters. The van der Waals surface area contributed by atoms with Gasteiger partial charge in [0.2, 0.25) is 0 Å². The number of piperidine rings is 1. The molecule has 1 heterocycles. The predicted octanol–water partition coefficient (Wildman–Crippen LogP) is 4.90.